The van der Waals surface area contributed by atoms with Gasteiger partial charge in [0.05, 0.1) is 13.2 Å². The molecule has 21 heavy (non-hydrogen) atoms. The van der Waals surface area contributed by atoms with Gasteiger partial charge in [-0.2, -0.15) is 0 Å². The lowest BCUT2D eigenvalue weighted by Crippen LogP contribution is -2.12. The molecule has 0 spiro atoms. The molecule has 110 valence electrons. The van der Waals surface area contributed by atoms with Crippen LogP contribution in [0.4, 0.5) is 5.69 Å². The molecule has 1 unspecified atom stereocenters. The van der Waals surface area contributed by atoms with Crippen LogP contribution in [0.3, 0.4) is 0 Å². The zero-order chi connectivity index (χ0) is 14.7. The number of aliphatic hydroxyl groups is 1. The van der Waals surface area contributed by atoms with E-state index in [0.29, 0.717) is 6.54 Å². The van der Waals surface area contributed by atoms with Gasteiger partial charge in [-0.15, -0.1) is 0 Å². The third-order valence-electron chi connectivity index (χ3n) is 4.08. The number of ether oxygens (including phenoxy) is 1. The fraction of sp³-hybridized carbons (Fsp3) is 0.333. The fourth-order valence-corrected chi connectivity index (χ4v) is 2.86. The summed E-state index contributed by atoms with van der Waals surface area (Å²) in [7, 11) is 1.63. The van der Waals surface area contributed by atoms with Gasteiger partial charge in [0.25, 0.3) is 0 Å². The molecule has 3 heteroatoms. The van der Waals surface area contributed by atoms with Crippen LogP contribution in [0.15, 0.2) is 42.5 Å². The average Bonchev–Trinajstić information content (AvgIpc) is 3.00. The van der Waals surface area contributed by atoms with Crippen molar-refractivity contribution in [2.75, 3.05) is 19.0 Å². The number of benzene rings is 2. The Bertz CT molecular complexity index is 624. The third kappa shape index (κ3) is 3.19. The number of anilines is 1. The second-order valence-corrected chi connectivity index (χ2v) is 5.51. The maximum Gasteiger partial charge on any atom is 0.119 e. The van der Waals surface area contributed by atoms with Crippen molar-refractivity contribution in [1.29, 1.82) is 0 Å². The largest absolute Gasteiger partial charge is 0.497 e. The summed E-state index contributed by atoms with van der Waals surface area (Å²) in [5.74, 6) is 0.768. The average molecular weight is 283 g/mol. The predicted octanol–water partition coefficient (Wildman–Crippen LogP) is 3.33. The van der Waals surface area contributed by atoms with E-state index in [9.17, 15) is 5.11 Å². The Labute approximate surface area is 125 Å². The van der Waals surface area contributed by atoms with Gasteiger partial charge in [-0.1, -0.05) is 18.2 Å². The second kappa shape index (κ2) is 6.19. The molecule has 1 aliphatic rings. The maximum atomic E-state index is 10.3. The van der Waals surface area contributed by atoms with Crippen LogP contribution < -0.4 is 10.1 Å². The van der Waals surface area contributed by atoms with E-state index in [4.69, 9.17) is 4.74 Å². The minimum atomic E-state index is -0.548. The topological polar surface area (TPSA) is 41.5 Å². The first kappa shape index (κ1) is 14.0. The van der Waals surface area contributed by atoms with Crippen molar-refractivity contribution in [3.8, 4) is 5.75 Å². The normalized spacial score (nSPS) is 14.6. The van der Waals surface area contributed by atoms with E-state index in [1.165, 1.54) is 30.4 Å². The highest BCUT2D eigenvalue weighted by Crippen LogP contribution is 2.25. The summed E-state index contributed by atoms with van der Waals surface area (Å²) in [4.78, 5) is 0. The number of hydrogen-bond acceptors (Lipinski definition) is 3. The maximum absolute atomic E-state index is 10.3. The molecular weight excluding hydrogens is 262 g/mol. The van der Waals surface area contributed by atoms with Crippen molar-refractivity contribution >= 4 is 5.69 Å². The summed E-state index contributed by atoms with van der Waals surface area (Å²) in [5.41, 5.74) is 4.85. The van der Waals surface area contributed by atoms with Crippen molar-refractivity contribution in [2.45, 2.75) is 25.4 Å². The van der Waals surface area contributed by atoms with Gasteiger partial charge in [0.2, 0.25) is 0 Å². The van der Waals surface area contributed by atoms with Gasteiger partial charge in [0.15, 0.2) is 0 Å². The first-order valence-electron chi connectivity index (χ1n) is 7.44. The lowest BCUT2D eigenvalue weighted by atomic mass is 10.1. The molecule has 0 aliphatic heterocycles. The van der Waals surface area contributed by atoms with Crippen molar-refractivity contribution in [2.24, 2.45) is 0 Å². The molecule has 0 heterocycles. The highest BCUT2D eigenvalue weighted by Gasteiger charge is 2.12. The first-order valence-corrected chi connectivity index (χ1v) is 7.44. The van der Waals surface area contributed by atoms with E-state index < -0.39 is 6.10 Å². The monoisotopic (exact) mass is 283 g/mol. The van der Waals surface area contributed by atoms with Gasteiger partial charge in [0, 0.05) is 12.2 Å². The Balaban J connectivity index is 1.64. The van der Waals surface area contributed by atoms with Crippen LogP contribution in [0.1, 0.15) is 29.2 Å². The Morgan fingerprint density at radius 1 is 1.14 bits per heavy atom. The second-order valence-electron chi connectivity index (χ2n) is 5.51. The number of aryl methyl sites for hydroxylation is 2. The Hall–Kier alpha value is -2.00. The molecule has 3 nitrogen and oxygen atoms in total. The number of methoxy groups -OCH3 is 1. The minimum absolute atomic E-state index is 0.492. The molecular formula is C18H21NO2. The van der Waals surface area contributed by atoms with Crippen LogP contribution >= 0.6 is 0 Å². The molecule has 2 aromatic carbocycles. The van der Waals surface area contributed by atoms with Crippen LogP contribution in [0.25, 0.3) is 0 Å². The third-order valence-corrected chi connectivity index (χ3v) is 4.08. The fourth-order valence-electron chi connectivity index (χ4n) is 2.86. The summed E-state index contributed by atoms with van der Waals surface area (Å²) in [6.07, 6.45) is 3.07. The van der Waals surface area contributed by atoms with Crippen molar-refractivity contribution in [3.05, 3.63) is 59.2 Å². The van der Waals surface area contributed by atoms with Gasteiger partial charge < -0.3 is 15.2 Å². The lowest BCUT2D eigenvalue weighted by Gasteiger charge is -2.14. The Morgan fingerprint density at radius 2 is 2.00 bits per heavy atom. The van der Waals surface area contributed by atoms with E-state index in [2.05, 4.69) is 23.5 Å². The lowest BCUT2D eigenvalue weighted by molar-refractivity contribution is 0.191. The molecule has 0 saturated carbocycles. The van der Waals surface area contributed by atoms with Gasteiger partial charge in [-0.05, 0) is 60.2 Å². The summed E-state index contributed by atoms with van der Waals surface area (Å²) < 4.78 is 5.19. The molecule has 2 aromatic rings. The minimum Gasteiger partial charge on any atom is -0.497 e. The molecule has 0 radical (unpaired) electrons. The first-order chi connectivity index (χ1) is 10.3. The molecule has 1 aliphatic carbocycles. The number of aliphatic hydroxyl groups excluding tert-OH is 1. The number of rotatable bonds is 5. The quantitative estimate of drug-likeness (QED) is 0.884. The van der Waals surface area contributed by atoms with Crippen molar-refractivity contribution in [1.82, 2.24) is 0 Å². The van der Waals surface area contributed by atoms with Gasteiger partial charge in [0.1, 0.15) is 5.75 Å². The van der Waals surface area contributed by atoms with Crippen LogP contribution in [0.5, 0.6) is 5.75 Å². The molecule has 0 fully saturated rings. The van der Waals surface area contributed by atoms with E-state index >= 15 is 0 Å². The molecule has 2 N–H and O–H groups in total. The van der Waals surface area contributed by atoms with Gasteiger partial charge in [-0.3, -0.25) is 0 Å². The highest BCUT2D eigenvalue weighted by molar-refractivity contribution is 5.50. The Morgan fingerprint density at radius 3 is 2.86 bits per heavy atom. The number of fused-ring (bicyclic) bond motifs is 1. The van der Waals surface area contributed by atoms with E-state index in [1.54, 1.807) is 7.11 Å². The zero-order valence-electron chi connectivity index (χ0n) is 12.3. The highest BCUT2D eigenvalue weighted by atomic mass is 16.5. The molecule has 0 amide bonds. The van der Waals surface area contributed by atoms with E-state index in [1.807, 2.05) is 24.3 Å². The van der Waals surface area contributed by atoms with Gasteiger partial charge >= 0.3 is 0 Å². The standard InChI is InChI=1S/C18H21NO2/c1-21-17-7-3-6-15(11-17)18(20)12-19-16-9-8-13-4-2-5-14(13)10-16/h3,6-11,18-20H,2,4-5,12H2,1H3. The smallest absolute Gasteiger partial charge is 0.119 e. The molecule has 0 bridgehead atoms. The molecule has 0 saturated heterocycles. The SMILES string of the molecule is COc1cccc(C(O)CNc2ccc3c(c2)CCC3)c1. The van der Waals surface area contributed by atoms with Crippen LogP contribution in [-0.2, 0) is 12.8 Å². The van der Waals surface area contributed by atoms with Crippen LogP contribution in [0.2, 0.25) is 0 Å². The van der Waals surface area contributed by atoms with E-state index in [-0.39, 0.29) is 0 Å². The van der Waals surface area contributed by atoms with Gasteiger partial charge in [-0.25, -0.2) is 0 Å². The zero-order valence-corrected chi connectivity index (χ0v) is 12.3. The number of nitrogens with one attached hydrogen (secondary N) is 1. The Kier molecular flexibility index (Phi) is 4.11. The summed E-state index contributed by atoms with van der Waals surface area (Å²) in [6, 6.07) is 14.1. The van der Waals surface area contributed by atoms with Crippen molar-refractivity contribution < 1.29 is 9.84 Å². The summed E-state index contributed by atoms with van der Waals surface area (Å²) >= 11 is 0. The van der Waals surface area contributed by atoms with Crippen LogP contribution in [-0.4, -0.2) is 18.8 Å². The van der Waals surface area contributed by atoms with Crippen LogP contribution in [0, 0.1) is 0 Å². The van der Waals surface area contributed by atoms with Crippen molar-refractivity contribution in [3.63, 3.8) is 0 Å². The summed E-state index contributed by atoms with van der Waals surface area (Å²) in [6.45, 7) is 0.492. The van der Waals surface area contributed by atoms with E-state index in [0.717, 1.165) is 17.0 Å². The predicted molar refractivity (Wildman–Crippen MR) is 84.9 cm³/mol. The number of hydrogen-bond donors (Lipinski definition) is 2. The summed E-state index contributed by atoms with van der Waals surface area (Å²) in [5, 5.41) is 13.6. The molecule has 1 atom stereocenters. The molecule has 0 aromatic heterocycles. The molecule has 3 rings (SSSR count).